The summed E-state index contributed by atoms with van der Waals surface area (Å²) in [6.07, 6.45) is -1.28. The zero-order valence-corrected chi connectivity index (χ0v) is 9.81. The van der Waals surface area contributed by atoms with Gasteiger partial charge in [-0.05, 0) is 12.8 Å². The predicted octanol–water partition coefficient (Wildman–Crippen LogP) is 3.24. The van der Waals surface area contributed by atoms with Crippen LogP contribution >= 0.6 is 0 Å². The van der Waals surface area contributed by atoms with E-state index >= 15 is 0 Å². The molecule has 0 fully saturated rings. The van der Waals surface area contributed by atoms with E-state index in [4.69, 9.17) is 5.11 Å². The van der Waals surface area contributed by atoms with Crippen LogP contribution in [0.4, 0.5) is 17.6 Å². The second-order valence-corrected chi connectivity index (χ2v) is 4.00. The van der Waals surface area contributed by atoms with Crippen LogP contribution in [0.3, 0.4) is 0 Å². The van der Waals surface area contributed by atoms with E-state index in [2.05, 4.69) is 4.74 Å². The lowest BCUT2D eigenvalue weighted by atomic mass is 10.1. The van der Waals surface area contributed by atoms with Gasteiger partial charge in [-0.1, -0.05) is 25.7 Å². The minimum absolute atomic E-state index is 0.113. The molecule has 0 saturated heterocycles. The molecular formula is C11H20F4O2. The fraction of sp³-hybridized carbons (Fsp3) is 1.00. The summed E-state index contributed by atoms with van der Waals surface area (Å²) in [5.74, 6) is 0. The molecule has 0 rings (SSSR count). The van der Waals surface area contributed by atoms with Gasteiger partial charge in [-0.2, -0.15) is 13.2 Å². The van der Waals surface area contributed by atoms with E-state index in [1.165, 1.54) is 0 Å². The molecule has 0 aromatic heterocycles. The Labute approximate surface area is 99.0 Å². The monoisotopic (exact) mass is 260 g/mol. The van der Waals surface area contributed by atoms with Gasteiger partial charge in [0, 0.05) is 6.61 Å². The third-order valence-corrected chi connectivity index (χ3v) is 2.27. The van der Waals surface area contributed by atoms with E-state index in [0.29, 0.717) is 19.3 Å². The van der Waals surface area contributed by atoms with Crippen LogP contribution in [-0.4, -0.2) is 37.3 Å². The maximum absolute atomic E-state index is 12.5. The van der Waals surface area contributed by atoms with Gasteiger partial charge in [-0.15, -0.1) is 0 Å². The number of unbranched alkanes of at least 4 members (excludes halogenated alkanes) is 4. The van der Waals surface area contributed by atoms with Crippen molar-refractivity contribution in [2.24, 2.45) is 0 Å². The maximum atomic E-state index is 12.5. The second kappa shape index (κ2) is 9.65. The molecule has 0 aliphatic rings. The number of aliphatic hydroxyl groups excluding tert-OH is 1. The van der Waals surface area contributed by atoms with Crippen LogP contribution < -0.4 is 0 Å². The fourth-order valence-electron chi connectivity index (χ4n) is 1.38. The van der Waals surface area contributed by atoms with Crippen molar-refractivity contribution in [1.29, 1.82) is 0 Å². The van der Waals surface area contributed by atoms with Crippen molar-refractivity contribution >= 4 is 0 Å². The topological polar surface area (TPSA) is 29.5 Å². The first-order valence-electron chi connectivity index (χ1n) is 5.85. The van der Waals surface area contributed by atoms with E-state index in [-0.39, 0.29) is 6.61 Å². The molecule has 0 heterocycles. The molecule has 0 radical (unpaired) electrons. The largest absolute Gasteiger partial charge is 0.411 e. The van der Waals surface area contributed by atoms with Crippen LogP contribution in [0.5, 0.6) is 0 Å². The molecule has 6 heteroatoms. The minimum atomic E-state index is -4.25. The van der Waals surface area contributed by atoms with Crippen molar-refractivity contribution in [3.8, 4) is 0 Å². The van der Waals surface area contributed by atoms with E-state index in [1.807, 2.05) is 0 Å². The van der Waals surface area contributed by atoms with Crippen molar-refractivity contribution in [3.05, 3.63) is 0 Å². The molecule has 0 spiro atoms. The highest BCUT2D eigenvalue weighted by Gasteiger charge is 2.27. The summed E-state index contributed by atoms with van der Waals surface area (Å²) in [6.45, 7) is -1.51. The molecule has 0 amide bonds. The summed E-state index contributed by atoms with van der Waals surface area (Å²) in [6, 6.07) is 0. The van der Waals surface area contributed by atoms with Gasteiger partial charge in [0.2, 0.25) is 0 Å². The number of alkyl halides is 4. The van der Waals surface area contributed by atoms with Crippen LogP contribution in [0.2, 0.25) is 0 Å². The van der Waals surface area contributed by atoms with Gasteiger partial charge in [-0.3, -0.25) is 0 Å². The molecule has 104 valence electrons. The lowest BCUT2D eigenvalue weighted by Crippen LogP contribution is -2.17. The minimum Gasteiger partial charge on any atom is -0.393 e. The molecule has 0 saturated carbocycles. The molecule has 0 bridgehead atoms. The number of ether oxygens (including phenoxy) is 1. The molecule has 2 nitrogen and oxygen atoms in total. The highest BCUT2D eigenvalue weighted by Crippen LogP contribution is 2.15. The van der Waals surface area contributed by atoms with Crippen LogP contribution in [0, 0.1) is 0 Å². The Bertz CT molecular complexity index is 173. The number of hydrogen-bond donors (Lipinski definition) is 1. The standard InChI is InChI=1S/C11H20F4O2/c12-10(8-16)6-4-2-1-3-5-7-17-9-11(13,14)15/h10,16H,1-9H2. The van der Waals surface area contributed by atoms with Crippen LogP contribution in [-0.2, 0) is 4.74 Å². The van der Waals surface area contributed by atoms with Gasteiger partial charge in [0.15, 0.2) is 0 Å². The highest BCUT2D eigenvalue weighted by atomic mass is 19.4. The normalized spacial score (nSPS) is 13.9. The molecule has 1 unspecified atom stereocenters. The molecule has 0 aliphatic heterocycles. The van der Waals surface area contributed by atoms with Crippen LogP contribution in [0.25, 0.3) is 0 Å². The van der Waals surface area contributed by atoms with E-state index in [1.54, 1.807) is 0 Å². The first kappa shape index (κ1) is 16.6. The number of rotatable bonds is 10. The maximum Gasteiger partial charge on any atom is 0.411 e. The first-order chi connectivity index (χ1) is 7.95. The SMILES string of the molecule is OCC(F)CCCCCCCOCC(F)(F)F. The van der Waals surface area contributed by atoms with E-state index in [0.717, 1.165) is 19.3 Å². The van der Waals surface area contributed by atoms with Gasteiger partial charge in [0.05, 0.1) is 6.61 Å². The Balaban J connectivity index is 3.09. The summed E-state index contributed by atoms with van der Waals surface area (Å²) in [5, 5.41) is 8.42. The lowest BCUT2D eigenvalue weighted by Gasteiger charge is -2.07. The molecule has 0 aromatic rings. The van der Waals surface area contributed by atoms with Crippen molar-refractivity contribution in [2.75, 3.05) is 19.8 Å². The molecule has 17 heavy (non-hydrogen) atoms. The van der Waals surface area contributed by atoms with Crippen molar-refractivity contribution in [3.63, 3.8) is 0 Å². The Hall–Kier alpha value is -0.360. The van der Waals surface area contributed by atoms with Crippen LogP contribution in [0.15, 0.2) is 0 Å². The van der Waals surface area contributed by atoms with Gasteiger partial charge in [0.1, 0.15) is 12.8 Å². The first-order valence-corrected chi connectivity index (χ1v) is 5.85. The van der Waals surface area contributed by atoms with Gasteiger partial charge in [0.25, 0.3) is 0 Å². The average Bonchev–Trinajstić information content (AvgIpc) is 2.25. The summed E-state index contributed by atoms with van der Waals surface area (Å²) in [7, 11) is 0. The second-order valence-electron chi connectivity index (χ2n) is 4.00. The molecule has 0 aromatic carbocycles. The summed E-state index contributed by atoms with van der Waals surface area (Å²) in [5.41, 5.74) is 0. The van der Waals surface area contributed by atoms with Gasteiger partial charge >= 0.3 is 6.18 Å². The average molecular weight is 260 g/mol. The summed E-state index contributed by atoms with van der Waals surface area (Å²) >= 11 is 0. The van der Waals surface area contributed by atoms with Gasteiger partial charge in [-0.25, -0.2) is 4.39 Å². The Morgan fingerprint density at radius 3 is 2.18 bits per heavy atom. The molecule has 1 atom stereocenters. The smallest absolute Gasteiger partial charge is 0.393 e. The van der Waals surface area contributed by atoms with Crippen molar-refractivity contribution in [1.82, 2.24) is 0 Å². The zero-order chi connectivity index (χ0) is 13.1. The van der Waals surface area contributed by atoms with Crippen LogP contribution in [0.1, 0.15) is 38.5 Å². The molecule has 0 aliphatic carbocycles. The van der Waals surface area contributed by atoms with E-state index in [9.17, 15) is 17.6 Å². The third-order valence-electron chi connectivity index (χ3n) is 2.27. The third kappa shape index (κ3) is 13.6. The number of aliphatic hydroxyl groups is 1. The quantitative estimate of drug-likeness (QED) is 0.482. The molecule has 1 N–H and O–H groups in total. The fourth-order valence-corrected chi connectivity index (χ4v) is 1.38. The Morgan fingerprint density at radius 1 is 1.00 bits per heavy atom. The predicted molar refractivity (Wildman–Crippen MR) is 56.6 cm³/mol. The summed E-state index contributed by atoms with van der Waals surface area (Å²) < 4.78 is 52.0. The Morgan fingerprint density at radius 2 is 1.59 bits per heavy atom. The number of halogens is 4. The molecular weight excluding hydrogens is 240 g/mol. The summed E-state index contributed by atoms with van der Waals surface area (Å²) in [4.78, 5) is 0. The van der Waals surface area contributed by atoms with Crippen molar-refractivity contribution in [2.45, 2.75) is 50.9 Å². The van der Waals surface area contributed by atoms with Gasteiger partial charge < -0.3 is 9.84 Å². The Kier molecular flexibility index (Phi) is 9.44. The van der Waals surface area contributed by atoms with Crippen molar-refractivity contribution < 1.29 is 27.4 Å². The lowest BCUT2D eigenvalue weighted by molar-refractivity contribution is -0.174. The highest BCUT2D eigenvalue weighted by molar-refractivity contribution is 4.54. The number of hydrogen-bond acceptors (Lipinski definition) is 2. The van der Waals surface area contributed by atoms with E-state index < -0.39 is 25.6 Å². The zero-order valence-electron chi connectivity index (χ0n) is 9.81.